The van der Waals surface area contributed by atoms with Gasteiger partial charge >= 0.3 is 6.18 Å². The molecular formula is C13H14F4N4. The average molecular weight is 302 g/mol. The maximum Gasteiger partial charge on any atom is 0.419 e. The van der Waals surface area contributed by atoms with Crippen LogP contribution in [0.5, 0.6) is 0 Å². The van der Waals surface area contributed by atoms with Crippen molar-refractivity contribution in [2.75, 3.05) is 0 Å². The summed E-state index contributed by atoms with van der Waals surface area (Å²) in [5, 5.41) is 7.59. The van der Waals surface area contributed by atoms with Crippen molar-refractivity contribution >= 4 is 0 Å². The molecule has 1 aromatic heterocycles. The molecule has 0 unspecified atom stereocenters. The fourth-order valence-corrected chi connectivity index (χ4v) is 2.11. The lowest BCUT2D eigenvalue weighted by molar-refractivity contribution is -0.139. The molecule has 2 N–H and O–H groups in total. The van der Waals surface area contributed by atoms with Crippen LogP contribution in [0.4, 0.5) is 17.6 Å². The Balaban J connectivity index is 2.66. The van der Waals surface area contributed by atoms with Crippen molar-refractivity contribution in [1.29, 1.82) is 0 Å². The zero-order chi connectivity index (χ0) is 15.8. The Kier molecular flexibility index (Phi) is 3.99. The molecule has 0 saturated heterocycles. The highest BCUT2D eigenvalue weighted by molar-refractivity contribution is 5.58. The van der Waals surface area contributed by atoms with Crippen LogP contribution in [0.3, 0.4) is 0 Å². The van der Waals surface area contributed by atoms with Crippen molar-refractivity contribution in [1.82, 2.24) is 14.8 Å². The predicted octanol–water partition coefficient (Wildman–Crippen LogP) is 3.14. The molecule has 21 heavy (non-hydrogen) atoms. The van der Waals surface area contributed by atoms with Crippen molar-refractivity contribution in [2.45, 2.75) is 32.6 Å². The van der Waals surface area contributed by atoms with Gasteiger partial charge in [-0.3, -0.25) is 0 Å². The number of nitrogens with two attached hydrogens (primary N) is 1. The van der Waals surface area contributed by atoms with E-state index >= 15 is 0 Å². The summed E-state index contributed by atoms with van der Waals surface area (Å²) in [6, 6.07) is 2.91. The van der Waals surface area contributed by atoms with Gasteiger partial charge in [-0.25, -0.2) is 4.39 Å². The van der Waals surface area contributed by atoms with Crippen LogP contribution < -0.4 is 5.73 Å². The SMILES string of the molecule is CC(C)n1c(CN)nnc1-c1cccc(C(F)(F)F)c1F. The maximum atomic E-state index is 14.2. The van der Waals surface area contributed by atoms with Crippen LogP contribution in [0.25, 0.3) is 11.4 Å². The minimum absolute atomic E-state index is 0.0362. The smallest absolute Gasteiger partial charge is 0.324 e. The first-order chi connectivity index (χ1) is 9.77. The Morgan fingerprint density at radius 1 is 1.24 bits per heavy atom. The van der Waals surface area contributed by atoms with Gasteiger partial charge in [0.2, 0.25) is 0 Å². The highest BCUT2D eigenvalue weighted by atomic mass is 19.4. The molecule has 114 valence electrons. The Labute approximate surface area is 118 Å². The first kappa shape index (κ1) is 15.4. The van der Waals surface area contributed by atoms with Crippen molar-refractivity contribution < 1.29 is 17.6 Å². The van der Waals surface area contributed by atoms with Gasteiger partial charge in [0.05, 0.1) is 17.7 Å². The minimum atomic E-state index is -4.76. The molecule has 1 heterocycles. The number of nitrogens with zero attached hydrogens (tertiary/aromatic N) is 3. The Hall–Kier alpha value is -1.96. The predicted molar refractivity (Wildman–Crippen MR) is 68.7 cm³/mol. The van der Waals surface area contributed by atoms with Gasteiger partial charge < -0.3 is 10.3 Å². The summed E-state index contributed by atoms with van der Waals surface area (Å²) in [7, 11) is 0. The van der Waals surface area contributed by atoms with E-state index < -0.39 is 17.6 Å². The van der Waals surface area contributed by atoms with E-state index in [1.54, 1.807) is 13.8 Å². The van der Waals surface area contributed by atoms with Gasteiger partial charge in [0.25, 0.3) is 0 Å². The number of hydrogen-bond acceptors (Lipinski definition) is 3. The normalized spacial score (nSPS) is 12.2. The van der Waals surface area contributed by atoms with Crippen LogP contribution in [-0.2, 0) is 12.7 Å². The summed E-state index contributed by atoms with van der Waals surface area (Å²) in [4.78, 5) is 0. The molecule has 0 radical (unpaired) electrons. The standard InChI is InChI=1S/C13H14F4N4/c1-7(2)21-10(6-18)19-20-12(21)8-4-3-5-9(11(8)14)13(15,16)17/h3-5,7H,6,18H2,1-2H3. The molecule has 4 nitrogen and oxygen atoms in total. The second-order valence-corrected chi connectivity index (χ2v) is 4.77. The summed E-state index contributed by atoms with van der Waals surface area (Å²) in [5.74, 6) is -0.936. The van der Waals surface area contributed by atoms with E-state index in [9.17, 15) is 17.6 Å². The zero-order valence-electron chi connectivity index (χ0n) is 11.4. The molecule has 1 aromatic carbocycles. The second-order valence-electron chi connectivity index (χ2n) is 4.77. The van der Waals surface area contributed by atoms with Crippen LogP contribution >= 0.6 is 0 Å². The highest BCUT2D eigenvalue weighted by Gasteiger charge is 2.35. The van der Waals surface area contributed by atoms with E-state index in [1.807, 2.05) is 0 Å². The van der Waals surface area contributed by atoms with Crippen molar-refractivity contribution in [2.24, 2.45) is 5.73 Å². The Bertz CT molecular complexity index is 646. The van der Waals surface area contributed by atoms with Gasteiger partial charge in [-0.15, -0.1) is 10.2 Å². The maximum absolute atomic E-state index is 14.2. The lowest BCUT2D eigenvalue weighted by Crippen LogP contribution is -2.13. The monoisotopic (exact) mass is 302 g/mol. The van der Waals surface area contributed by atoms with E-state index in [0.717, 1.165) is 6.07 Å². The molecule has 0 aliphatic rings. The molecule has 0 spiro atoms. The molecule has 0 amide bonds. The third-order valence-corrected chi connectivity index (χ3v) is 3.01. The van der Waals surface area contributed by atoms with Gasteiger partial charge in [0.1, 0.15) is 11.6 Å². The van der Waals surface area contributed by atoms with Crippen molar-refractivity contribution in [3.63, 3.8) is 0 Å². The molecule has 8 heteroatoms. The van der Waals surface area contributed by atoms with Gasteiger partial charge in [0, 0.05) is 6.04 Å². The lowest BCUT2D eigenvalue weighted by atomic mass is 10.1. The molecule has 2 rings (SSSR count). The number of halogens is 4. The molecule has 0 fully saturated rings. The van der Waals surface area contributed by atoms with Gasteiger partial charge in [-0.1, -0.05) is 6.07 Å². The average Bonchev–Trinajstić information content (AvgIpc) is 2.81. The topological polar surface area (TPSA) is 56.7 Å². The summed E-state index contributed by atoms with van der Waals surface area (Å²) in [6.07, 6.45) is -4.76. The second kappa shape index (κ2) is 5.44. The van der Waals surface area contributed by atoms with E-state index in [0.29, 0.717) is 11.9 Å². The fraction of sp³-hybridized carbons (Fsp3) is 0.385. The van der Waals surface area contributed by atoms with Gasteiger partial charge in [0.15, 0.2) is 5.82 Å². The van der Waals surface area contributed by atoms with Crippen molar-refractivity contribution in [3.8, 4) is 11.4 Å². The summed E-state index contributed by atoms with van der Waals surface area (Å²) >= 11 is 0. The van der Waals surface area contributed by atoms with Crippen molar-refractivity contribution in [3.05, 3.63) is 35.4 Å². The third-order valence-electron chi connectivity index (χ3n) is 3.01. The lowest BCUT2D eigenvalue weighted by Gasteiger charge is -2.15. The molecule has 0 bridgehead atoms. The van der Waals surface area contributed by atoms with E-state index in [4.69, 9.17) is 5.73 Å². The van der Waals surface area contributed by atoms with Crippen LogP contribution in [0.15, 0.2) is 18.2 Å². The van der Waals surface area contributed by atoms with Crippen LogP contribution in [-0.4, -0.2) is 14.8 Å². The minimum Gasteiger partial charge on any atom is -0.324 e. The molecule has 2 aromatic rings. The van der Waals surface area contributed by atoms with E-state index in [1.165, 1.54) is 10.6 Å². The molecule has 0 saturated carbocycles. The Morgan fingerprint density at radius 3 is 2.43 bits per heavy atom. The Morgan fingerprint density at radius 2 is 1.90 bits per heavy atom. The number of hydrogen-bond donors (Lipinski definition) is 1. The third kappa shape index (κ3) is 2.76. The van der Waals surface area contributed by atoms with Gasteiger partial charge in [-0.05, 0) is 26.0 Å². The summed E-state index contributed by atoms with van der Waals surface area (Å²) in [5.41, 5.74) is 3.95. The summed E-state index contributed by atoms with van der Waals surface area (Å²) in [6.45, 7) is 3.64. The first-order valence-electron chi connectivity index (χ1n) is 6.27. The first-order valence-corrected chi connectivity index (χ1v) is 6.27. The zero-order valence-corrected chi connectivity index (χ0v) is 11.4. The molecular weight excluding hydrogens is 288 g/mol. The highest BCUT2D eigenvalue weighted by Crippen LogP contribution is 2.35. The number of benzene rings is 1. The van der Waals surface area contributed by atoms with E-state index in [2.05, 4.69) is 10.2 Å². The van der Waals surface area contributed by atoms with Crippen LogP contribution in [0.2, 0.25) is 0 Å². The molecule has 0 aliphatic heterocycles. The number of rotatable bonds is 3. The van der Waals surface area contributed by atoms with Crippen LogP contribution in [0.1, 0.15) is 31.3 Å². The number of alkyl halides is 3. The quantitative estimate of drug-likeness (QED) is 0.886. The fourth-order valence-electron chi connectivity index (χ4n) is 2.11. The summed E-state index contributed by atoms with van der Waals surface area (Å²) < 4.78 is 54.0. The van der Waals surface area contributed by atoms with E-state index in [-0.39, 0.29) is 24.0 Å². The largest absolute Gasteiger partial charge is 0.419 e. The number of aromatic nitrogens is 3. The molecule has 0 aliphatic carbocycles. The molecule has 0 atom stereocenters. The van der Waals surface area contributed by atoms with Crippen LogP contribution in [0, 0.1) is 5.82 Å². The van der Waals surface area contributed by atoms with Gasteiger partial charge in [-0.2, -0.15) is 13.2 Å².